The molecule has 0 aliphatic carbocycles. The lowest BCUT2D eigenvalue weighted by Crippen LogP contribution is -2.30. The molecule has 4 heteroatoms. The average molecular weight is 251 g/mol. The number of rotatable bonds is 6. The molecular formula is C14H21NO3. The van der Waals surface area contributed by atoms with Gasteiger partial charge >= 0.3 is 0 Å². The van der Waals surface area contributed by atoms with E-state index >= 15 is 0 Å². The smallest absolute Gasteiger partial charge is 0.224 e. The predicted molar refractivity (Wildman–Crippen MR) is 70.7 cm³/mol. The van der Waals surface area contributed by atoms with Crippen LogP contribution in [0.3, 0.4) is 0 Å². The first-order chi connectivity index (χ1) is 8.56. The van der Waals surface area contributed by atoms with Gasteiger partial charge in [-0.25, -0.2) is 0 Å². The topological polar surface area (TPSA) is 58.6 Å². The number of hydrogen-bond acceptors (Lipinski definition) is 3. The Hall–Kier alpha value is -1.55. The van der Waals surface area contributed by atoms with Crippen molar-refractivity contribution >= 4 is 5.91 Å². The number of amides is 1. The van der Waals surface area contributed by atoms with Gasteiger partial charge in [-0.05, 0) is 18.9 Å². The number of aliphatic hydroxyl groups is 1. The van der Waals surface area contributed by atoms with Gasteiger partial charge in [0.25, 0.3) is 0 Å². The largest absolute Gasteiger partial charge is 0.496 e. The van der Waals surface area contributed by atoms with Crippen LogP contribution in [-0.4, -0.2) is 31.3 Å². The molecule has 1 atom stereocenters. The van der Waals surface area contributed by atoms with E-state index in [1.165, 1.54) is 0 Å². The van der Waals surface area contributed by atoms with Crippen molar-refractivity contribution in [3.63, 3.8) is 0 Å². The molecule has 1 aromatic rings. The highest BCUT2D eigenvalue weighted by atomic mass is 16.5. The fourth-order valence-corrected chi connectivity index (χ4v) is 1.63. The summed E-state index contributed by atoms with van der Waals surface area (Å²) in [6.45, 7) is 4.43. The normalized spacial score (nSPS) is 12.0. The molecule has 0 bridgehead atoms. The molecule has 0 fully saturated rings. The highest BCUT2D eigenvalue weighted by molar-refractivity contribution is 5.79. The molecule has 2 N–H and O–H groups in total. The molecule has 0 aliphatic heterocycles. The van der Waals surface area contributed by atoms with E-state index in [-0.39, 0.29) is 18.4 Å². The average Bonchev–Trinajstić information content (AvgIpc) is 2.36. The van der Waals surface area contributed by atoms with Gasteiger partial charge in [0.05, 0.1) is 13.5 Å². The SMILES string of the molecule is COc1ccc(C)cc1CC(=O)NCC(C)CO. The van der Waals surface area contributed by atoms with Crippen LogP contribution in [0.2, 0.25) is 0 Å². The first-order valence-corrected chi connectivity index (χ1v) is 6.08. The molecule has 0 spiro atoms. The van der Waals surface area contributed by atoms with E-state index < -0.39 is 0 Å². The van der Waals surface area contributed by atoms with E-state index in [9.17, 15) is 4.79 Å². The number of aryl methyl sites for hydroxylation is 1. The quantitative estimate of drug-likeness (QED) is 0.801. The highest BCUT2D eigenvalue weighted by Crippen LogP contribution is 2.19. The summed E-state index contributed by atoms with van der Waals surface area (Å²) < 4.78 is 5.23. The number of benzene rings is 1. The van der Waals surface area contributed by atoms with Crippen molar-refractivity contribution in [2.24, 2.45) is 5.92 Å². The fourth-order valence-electron chi connectivity index (χ4n) is 1.63. The maximum Gasteiger partial charge on any atom is 0.224 e. The summed E-state index contributed by atoms with van der Waals surface area (Å²) in [5.74, 6) is 0.749. The van der Waals surface area contributed by atoms with Crippen molar-refractivity contribution in [1.82, 2.24) is 5.32 Å². The van der Waals surface area contributed by atoms with E-state index in [1.807, 2.05) is 32.0 Å². The van der Waals surface area contributed by atoms with Gasteiger partial charge in [0, 0.05) is 18.7 Å². The van der Waals surface area contributed by atoms with Crippen LogP contribution < -0.4 is 10.1 Å². The highest BCUT2D eigenvalue weighted by Gasteiger charge is 2.09. The molecule has 1 aromatic carbocycles. The molecule has 100 valence electrons. The van der Waals surface area contributed by atoms with Gasteiger partial charge < -0.3 is 15.2 Å². The Morgan fingerprint density at radius 1 is 1.50 bits per heavy atom. The minimum atomic E-state index is -0.0563. The van der Waals surface area contributed by atoms with Crippen LogP contribution in [0.15, 0.2) is 18.2 Å². The Bertz CT molecular complexity index is 404. The lowest BCUT2D eigenvalue weighted by Gasteiger charge is -2.12. The molecule has 0 heterocycles. The maximum absolute atomic E-state index is 11.8. The van der Waals surface area contributed by atoms with Crippen molar-refractivity contribution in [2.75, 3.05) is 20.3 Å². The van der Waals surface area contributed by atoms with Gasteiger partial charge in [0.2, 0.25) is 5.91 Å². The maximum atomic E-state index is 11.8. The summed E-state index contributed by atoms with van der Waals surface area (Å²) in [6.07, 6.45) is 0.295. The second-order valence-corrected chi connectivity index (χ2v) is 4.58. The van der Waals surface area contributed by atoms with Gasteiger partial charge in [-0.15, -0.1) is 0 Å². The second kappa shape index (κ2) is 7.01. The Labute approximate surface area is 108 Å². The van der Waals surface area contributed by atoms with Crippen LogP contribution in [0.4, 0.5) is 0 Å². The van der Waals surface area contributed by atoms with Crippen molar-refractivity contribution < 1.29 is 14.6 Å². The minimum Gasteiger partial charge on any atom is -0.496 e. The summed E-state index contributed by atoms with van der Waals surface area (Å²) >= 11 is 0. The molecule has 1 amide bonds. The number of aliphatic hydroxyl groups excluding tert-OH is 1. The number of carbonyl (C=O) groups is 1. The number of carbonyl (C=O) groups excluding carboxylic acids is 1. The molecule has 1 unspecified atom stereocenters. The Morgan fingerprint density at radius 2 is 2.22 bits per heavy atom. The second-order valence-electron chi connectivity index (χ2n) is 4.58. The van der Waals surface area contributed by atoms with Gasteiger partial charge in [-0.3, -0.25) is 4.79 Å². The Kier molecular flexibility index (Phi) is 5.65. The number of methoxy groups -OCH3 is 1. The summed E-state index contributed by atoms with van der Waals surface area (Å²) in [4.78, 5) is 11.8. The standard InChI is InChI=1S/C14H21NO3/c1-10-4-5-13(18-3)12(6-10)7-14(17)15-8-11(2)9-16/h4-6,11,16H,7-9H2,1-3H3,(H,15,17). The third-order valence-electron chi connectivity index (χ3n) is 2.75. The van der Waals surface area contributed by atoms with E-state index in [2.05, 4.69) is 5.32 Å². The summed E-state index contributed by atoms with van der Waals surface area (Å²) in [6, 6.07) is 5.77. The van der Waals surface area contributed by atoms with Gasteiger partial charge in [-0.1, -0.05) is 24.6 Å². The predicted octanol–water partition coefficient (Wildman–Crippen LogP) is 1.29. The molecule has 4 nitrogen and oxygen atoms in total. The molecule has 0 saturated heterocycles. The molecule has 0 radical (unpaired) electrons. The van der Waals surface area contributed by atoms with E-state index in [4.69, 9.17) is 9.84 Å². The Morgan fingerprint density at radius 3 is 2.83 bits per heavy atom. The van der Waals surface area contributed by atoms with E-state index in [0.717, 1.165) is 16.9 Å². The third-order valence-corrected chi connectivity index (χ3v) is 2.75. The van der Waals surface area contributed by atoms with Gasteiger partial charge in [0.15, 0.2) is 0 Å². The first-order valence-electron chi connectivity index (χ1n) is 6.08. The Balaban J connectivity index is 2.61. The summed E-state index contributed by atoms with van der Waals surface area (Å²) in [7, 11) is 1.60. The zero-order chi connectivity index (χ0) is 13.5. The zero-order valence-corrected chi connectivity index (χ0v) is 11.2. The van der Waals surface area contributed by atoms with Crippen LogP contribution >= 0.6 is 0 Å². The minimum absolute atomic E-state index is 0.0563. The lowest BCUT2D eigenvalue weighted by molar-refractivity contribution is -0.120. The number of ether oxygens (including phenoxy) is 1. The van der Waals surface area contributed by atoms with Crippen molar-refractivity contribution in [1.29, 1.82) is 0 Å². The van der Waals surface area contributed by atoms with Crippen molar-refractivity contribution in [3.8, 4) is 5.75 Å². The van der Waals surface area contributed by atoms with E-state index in [1.54, 1.807) is 7.11 Å². The molecule has 0 aromatic heterocycles. The lowest BCUT2D eigenvalue weighted by atomic mass is 10.1. The third kappa shape index (κ3) is 4.37. The summed E-state index contributed by atoms with van der Waals surface area (Å²) in [5.41, 5.74) is 1.98. The number of hydrogen-bond donors (Lipinski definition) is 2. The molecule has 1 rings (SSSR count). The molecule has 0 saturated carbocycles. The summed E-state index contributed by atoms with van der Waals surface area (Å²) in [5, 5.41) is 11.7. The first kappa shape index (κ1) is 14.5. The van der Waals surface area contributed by atoms with Crippen LogP contribution in [0.25, 0.3) is 0 Å². The molecular weight excluding hydrogens is 230 g/mol. The monoisotopic (exact) mass is 251 g/mol. The zero-order valence-electron chi connectivity index (χ0n) is 11.2. The van der Waals surface area contributed by atoms with Gasteiger partial charge in [-0.2, -0.15) is 0 Å². The van der Waals surface area contributed by atoms with Crippen LogP contribution in [-0.2, 0) is 11.2 Å². The van der Waals surface area contributed by atoms with E-state index in [0.29, 0.717) is 13.0 Å². The van der Waals surface area contributed by atoms with Crippen LogP contribution in [0, 0.1) is 12.8 Å². The van der Waals surface area contributed by atoms with Gasteiger partial charge in [0.1, 0.15) is 5.75 Å². The fraction of sp³-hybridized carbons (Fsp3) is 0.500. The van der Waals surface area contributed by atoms with Crippen molar-refractivity contribution in [3.05, 3.63) is 29.3 Å². The number of nitrogens with one attached hydrogen (secondary N) is 1. The molecule has 0 aliphatic rings. The van der Waals surface area contributed by atoms with Crippen LogP contribution in [0.5, 0.6) is 5.75 Å². The van der Waals surface area contributed by atoms with Crippen LogP contribution in [0.1, 0.15) is 18.1 Å². The van der Waals surface area contributed by atoms with Crippen molar-refractivity contribution in [2.45, 2.75) is 20.3 Å². The molecule has 18 heavy (non-hydrogen) atoms.